The summed E-state index contributed by atoms with van der Waals surface area (Å²) in [5.41, 5.74) is 6.53. The lowest BCUT2D eigenvalue weighted by Crippen LogP contribution is -2.66. The summed E-state index contributed by atoms with van der Waals surface area (Å²) in [6.07, 6.45) is 14.4. The highest BCUT2D eigenvalue weighted by molar-refractivity contribution is 6.13. The highest BCUT2D eigenvalue weighted by Crippen LogP contribution is 2.36. The molecule has 0 saturated carbocycles. The summed E-state index contributed by atoms with van der Waals surface area (Å²) in [5.74, 6) is 4.42. The van der Waals surface area contributed by atoms with Crippen molar-refractivity contribution in [2.45, 2.75) is 159 Å². The topological polar surface area (TPSA) is 88.0 Å². The second kappa shape index (κ2) is 33.3. The molecule has 75 heavy (non-hydrogen) atoms. The van der Waals surface area contributed by atoms with Crippen LogP contribution in [-0.4, -0.2) is 66.9 Å². The average molecular weight is 1010 g/mol. The van der Waals surface area contributed by atoms with Gasteiger partial charge in [0.2, 0.25) is 0 Å². The van der Waals surface area contributed by atoms with Crippen LogP contribution in [0.5, 0.6) is 0 Å². The Morgan fingerprint density at radius 2 is 0.893 bits per heavy atom. The van der Waals surface area contributed by atoms with Crippen molar-refractivity contribution in [2.75, 3.05) is 19.8 Å². The van der Waals surface area contributed by atoms with Crippen molar-refractivity contribution in [3.8, 4) is 11.8 Å². The lowest BCUT2D eigenvalue weighted by Gasteiger charge is -2.48. The molecule has 6 aromatic rings. The first-order chi connectivity index (χ1) is 37.1. The second-order valence-electron chi connectivity index (χ2n) is 19.8. The van der Waals surface area contributed by atoms with Crippen LogP contribution in [0.4, 0.5) is 0 Å². The molecule has 5 unspecified atom stereocenters. The number of hydrogen-bond donors (Lipinski definition) is 1. The molecule has 0 amide bonds. The summed E-state index contributed by atoms with van der Waals surface area (Å²) in [5, 5.41) is 13.3. The number of rotatable bonds is 33. The van der Waals surface area contributed by atoms with Crippen molar-refractivity contribution >= 4 is 5.71 Å². The number of benzene rings is 6. The Morgan fingerprint density at radius 3 is 1.36 bits per heavy atom. The zero-order chi connectivity index (χ0) is 51.9. The number of nitrogens with zero attached hydrogens (tertiary/aromatic N) is 1. The smallest absolute Gasteiger partial charge is 0.261 e. The molecule has 0 aliphatic carbocycles. The van der Waals surface area contributed by atoms with E-state index in [1.54, 1.807) is 0 Å². The summed E-state index contributed by atoms with van der Waals surface area (Å²) in [6.45, 7) is 4.11. The SMILES string of the molecule is CCCCCCCCCCCCCCCCOC[C@H](C#CC1(O)OC(COCc2ccccc2)C(OCc2ccccc2)C(OCc2ccccc2)C1OCc1ccccc1)N=C(c1ccccc1)c1ccccc1. The molecule has 8 heteroatoms. The minimum absolute atomic E-state index is 0.0744. The van der Waals surface area contributed by atoms with Crippen molar-refractivity contribution < 1.29 is 33.5 Å². The summed E-state index contributed by atoms with van der Waals surface area (Å²) in [7, 11) is 0. The maximum atomic E-state index is 13.3. The van der Waals surface area contributed by atoms with E-state index in [1.807, 2.05) is 158 Å². The molecular formula is C67H81NO7. The van der Waals surface area contributed by atoms with Crippen LogP contribution in [-0.2, 0) is 54.8 Å². The van der Waals surface area contributed by atoms with Crippen LogP contribution in [0.25, 0.3) is 0 Å². The van der Waals surface area contributed by atoms with E-state index in [4.69, 9.17) is 33.4 Å². The largest absolute Gasteiger partial charge is 0.378 e. The van der Waals surface area contributed by atoms with Crippen molar-refractivity contribution in [3.05, 3.63) is 215 Å². The molecule has 1 N–H and O–H groups in total. The molecule has 8 nitrogen and oxygen atoms in total. The Morgan fingerprint density at radius 1 is 0.493 bits per heavy atom. The molecule has 1 fully saturated rings. The first-order valence-electron chi connectivity index (χ1n) is 27.9. The van der Waals surface area contributed by atoms with Gasteiger partial charge in [-0.25, -0.2) is 0 Å². The Bertz CT molecular complexity index is 2460. The maximum absolute atomic E-state index is 13.3. The fourth-order valence-electron chi connectivity index (χ4n) is 9.51. The van der Waals surface area contributed by atoms with Crippen LogP contribution in [0.3, 0.4) is 0 Å². The van der Waals surface area contributed by atoms with E-state index in [2.05, 4.69) is 43.0 Å². The summed E-state index contributed by atoms with van der Waals surface area (Å²) < 4.78 is 40.4. The van der Waals surface area contributed by atoms with Crippen LogP contribution < -0.4 is 0 Å². The summed E-state index contributed by atoms with van der Waals surface area (Å²) in [6, 6.07) is 59.5. The highest BCUT2D eigenvalue weighted by atomic mass is 16.7. The van der Waals surface area contributed by atoms with E-state index in [-0.39, 0.29) is 33.0 Å². The van der Waals surface area contributed by atoms with Crippen molar-refractivity contribution in [3.63, 3.8) is 0 Å². The monoisotopic (exact) mass is 1010 g/mol. The molecule has 0 spiro atoms. The molecule has 396 valence electrons. The molecule has 6 atom stereocenters. The fraction of sp³-hybridized carbons (Fsp3) is 0.418. The molecule has 7 rings (SSSR count). The van der Waals surface area contributed by atoms with Gasteiger partial charge in [0.15, 0.2) is 6.10 Å². The van der Waals surface area contributed by atoms with Crippen molar-refractivity contribution in [1.29, 1.82) is 0 Å². The van der Waals surface area contributed by atoms with Gasteiger partial charge in [0.05, 0.1) is 45.4 Å². The maximum Gasteiger partial charge on any atom is 0.261 e. The van der Waals surface area contributed by atoms with Gasteiger partial charge in [-0.3, -0.25) is 4.99 Å². The number of aliphatic hydroxyl groups is 1. The van der Waals surface area contributed by atoms with Gasteiger partial charge in [0, 0.05) is 17.7 Å². The Labute approximate surface area is 448 Å². The van der Waals surface area contributed by atoms with Crippen molar-refractivity contribution in [1.82, 2.24) is 0 Å². The van der Waals surface area contributed by atoms with Crippen molar-refractivity contribution in [2.24, 2.45) is 4.99 Å². The summed E-state index contributed by atoms with van der Waals surface area (Å²) >= 11 is 0. The molecule has 1 saturated heterocycles. The first-order valence-corrected chi connectivity index (χ1v) is 27.9. The number of unbranched alkanes of at least 4 members (excludes halogenated alkanes) is 13. The second-order valence-corrected chi connectivity index (χ2v) is 19.8. The highest BCUT2D eigenvalue weighted by Gasteiger charge is 2.56. The Balaban J connectivity index is 1.16. The lowest BCUT2D eigenvalue weighted by molar-refractivity contribution is -0.347. The quantitative estimate of drug-likeness (QED) is 0.0250. The molecule has 1 heterocycles. The third-order valence-corrected chi connectivity index (χ3v) is 13.7. The van der Waals surface area contributed by atoms with Crippen LogP contribution in [0, 0.1) is 11.8 Å². The van der Waals surface area contributed by atoms with Gasteiger partial charge in [0.25, 0.3) is 5.79 Å². The van der Waals surface area contributed by atoms with Gasteiger partial charge in [-0.05, 0) is 34.6 Å². The Kier molecular flexibility index (Phi) is 25.3. The first kappa shape index (κ1) is 57.0. The predicted molar refractivity (Wildman–Crippen MR) is 302 cm³/mol. The summed E-state index contributed by atoms with van der Waals surface area (Å²) in [4.78, 5) is 5.36. The van der Waals surface area contributed by atoms with E-state index >= 15 is 0 Å². The lowest BCUT2D eigenvalue weighted by atomic mass is 9.91. The molecule has 0 aromatic heterocycles. The zero-order valence-electron chi connectivity index (χ0n) is 44.4. The van der Waals surface area contributed by atoms with Gasteiger partial charge in [-0.1, -0.05) is 278 Å². The normalized spacial score (nSPS) is 18.7. The molecular weight excluding hydrogens is 931 g/mol. The molecule has 6 aromatic carbocycles. The van der Waals surface area contributed by atoms with Crippen LogP contribution in [0.1, 0.15) is 130 Å². The van der Waals surface area contributed by atoms with E-state index in [9.17, 15) is 5.11 Å². The van der Waals surface area contributed by atoms with E-state index in [0.29, 0.717) is 13.2 Å². The van der Waals surface area contributed by atoms with Gasteiger partial charge < -0.3 is 33.5 Å². The minimum Gasteiger partial charge on any atom is -0.378 e. The number of hydrogen-bond acceptors (Lipinski definition) is 8. The van der Waals surface area contributed by atoms with Gasteiger partial charge in [-0.15, -0.1) is 0 Å². The van der Waals surface area contributed by atoms with E-state index in [0.717, 1.165) is 51.9 Å². The van der Waals surface area contributed by atoms with Gasteiger partial charge in [-0.2, -0.15) is 0 Å². The third kappa shape index (κ3) is 20.1. The predicted octanol–water partition coefficient (Wildman–Crippen LogP) is 14.5. The van der Waals surface area contributed by atoms with Gasteiger partial charge in [0.1, 0.15) is 24.4 Å². The van der Waals surface area contributed by atoms with Gasteiger partial charge >= 0.3 is 0 Å². The van der Waals surface area contributed by atoms with Crippen LogP contribution >= 0.6 is 0 Å². The average Bonchev–Trinajstić information content (AvgIpc) is 3.46. The zero-order valence-corrected chi connectivity index (χ0v) is 44.4. The minimum atomic E-state index is -2.22. The fourth-order valence-corrected chi connectivity index (χ4v) is 9.51. The standard InChI is InChI=1S/C67H81NO7/c1-2-3-4-5-6-7-8-9-10-11-12-13-14-33-48-70-53-61(68-63(59-42-29-19-30-43-59)60-44-31-20-32-45-60)46-47-67(69)66(74-52-58-40-27-18-28-41-58)65(73-51-57-38-25-17-26-39-57)64(72-50-56-36-23-16-24-37-56)62(75-67)54-71-49-55-34-21-15-22-35-55/h15-32,34-45,61-62,64-66,69H,2-14,33,48-54H2,1H3/t61-,62?,64?,65?,66?,67?/m0/s1. The number of aliphatic imine (C=N–C) groups is 1. The number of ether oxygens (including phenoxy) is 6. The van der Waals surface area contributed by atoms with Crippen LogP contribution in [0.15, 0.2) is 187 Å². The Hall–Kier alpha value is -5.73. The third-order valence-electron chi connectivity index (χ3n) is 13.7. The molecule has 0 radical (unpaired) electrons. The van der Waals surface area contributed by atoms with Crippen LogP contribution in [0.2, 0.25) is 0 Å². The molecule has 1 aliphatic heterocycles. The molecule has 1 aliphatic rings. The van der Waals surface area contributed by atoms with E-state index in [1.165, 1.54) is 77.0 Å². The molecule has 0 bridgehead atoms. The van der Waals surface area contributed by atoms with E-state index < -0.39 is 36.2 Å².